The summed E-state index contributed by atoms with van der Waals surface area (Å²) in [5.41, 5.74) is 6.42. The summed E-state index contributed by atoms with van der Waals surface area (Å²) < 4.78 is 26.8. The van der Waals surface area contributed by atoms with Gasteiger partial charge >= 0.3 is 0 Å². The van der Waals surface area contributed by atoms with Crippen LogP contribution in [0.2, 0.25) is 0 Å². The van der Waals surface area contributed by atoms with E-state index in [0.717, 1.165) is 0 Å². The van der Waals surface area contributed by atoms with Crippen molar-refractivity contribution in [2.24, 2.45) is 0 Å². The number of methoxy groups -OCH3 is 4. The molecule has 6 nitrogen and oxygen atoms in total. The van der Waals surface area contributed by atoms with Crippen LogP contribution in [0, 0.1) is 0 Å². The molecule has 0 amide bonds. The molecule has 0 saturated heterocycles. The second-order valence-corrected chi connectivity index (χ2v) is 4.37. The van der Waals surface area contributed by atoms with Gasteiger partial charge < -0.3 is 29.4 Å². The van der Waals surface area contributed by atoms with Gasteiger partial charge in [0, 0.05) is 18.2 Å². The van der Waals surface area contributed by atoms with E-state index in [0.29, 0.717) is 40.2 Å². The number of benzene rings is 2. The van der Waals surface area contributed by atoms with Gasteiger partial charge in [0.05, 0.1) is 34.1 Å². The third kappa shape index (κ3) is 3.11. The molecular formula is C16H19NO5. The molecule has 0 atom stereocenters. The maximum Gasteiger partial charge on any atom is 0.203 e. The van der Waals surface area contributed by atoms with Crippen LogP contribution in [-0.2, 0) is 0 Å². The van der Waals surface area contributed by atoms with Crippen molar-refractivity contribution in [2.75, 3.05) is 34.2 Å². The summed E-state index contributed by atoms with van der Waals surface area (Å²) in [5.74, 6) is 3.13. The Hall–Kier alpha value is -2.76. The van der Waals surface area contributed by atoms with Crippen molar-refractivity contribution in [1.29, 1.82) is 0 Å². The summed E-state index contributed by atoms with van der Waals surface area (Å²) in [6.07, 6.45) is 0. The van der Waals surface area contributed by atoms with Crippen molar-refractivity contribution in [3.63, 3.8) is 0 Å². The predicted molar refractivity (Wildman–Crippen MR) is 83.6 cm³/mol. The molecule has 2 aromatic carbocycles. The number of nitrogens with two attached hydrogens (primary N) is 1. The third-order valence-electron chi connectivity index (χ3n) is 3.09. The Morgan fingerprint density at radius 3 is 1.77 bits per heavy atom. The van der Waals surface area contributed by atoms with Crippen LogP contribution >= 0.6 is 0 Å². The Bertz CT molecular complexity index is 632. The fourth-order valence-electron chi connectivity index (χ4n) is 1.97. The molecule has 0 aromatic heterocycles. The van der Waals surface area contributed by atoms with Crippen molar-refractivity contribution in [2.45, 2.75) is 0 Å². The van der Waals surface area contributed by atoms with Crippen LogP contribution in [0.1, 0.15) is 0 Å². The molecule has 118 valence electrons. The topological polar surface area (TPSA) is 72.2 Å². The van der Waals surface area contributed by atoms with Crippen LogP contribution in [0.5, 0.6) is 34.5 Å². The summed E-state index contributed by atoms with van der Waals surface area (Å²) >= 11 is 0. The van der Waals surface area contributed by atoms with Crippen molar-refractivity contribution >= 4 is 5.69 Å². The first-order valence-electron chi connectivity index (χ1n) is 6.54. The first-order chi connectivity index (χ1) is 10.6. The summed E-state index contributed by atoms with van der Waals surface area (Å²) in [5, 5.41) is 0. The maximum absolute atomic E-state index is 5.92. The number of ether oxygens (including phenoxy) is 5. The van der Waals surface area contributed by atoms with E-state index in [-0.39, 0.29) is 0 Å². The van der Waals surface area contributed by atoms with Crippen molar-refractivity contribution in [3.8, 4) is 34.5 Å². The minimum atomic E-state index is 0.480. The van der Waals surface area contributed by atoms with Gasteiger partial charge in [0.2, 0.25) is 5.75 Å². The Morgan fingerprint density at radius 2 is 1.27 bits per heavy atom. The fourth-order valence-corrected chi connectivity index (χ4v) is 1.97. The molecule has 0 spiro atoms. The van der Waals surface area contributed by atoms with E-state index in [1.807, 2.05) is 0 Å². The molecule has 0 unspecified atom stereocenters. The van der Waals surface area contributed by atoms with Crippen molar-refractivity contribution < 1.29 is 23.7 Å². The highest BCUT2D eigenvalue weighted by molar-refractivity contribution is 5.60. The molecule has 2 rings (SSSR count). The fraction of sp³-hybridized carbons (Fsp3) is 0.250. The quantitative estimate of drug-likeness (QED) is 0.827. The van der Waals surface area contributed by atoms with Gasteiger partial charge in [-0.05, 0) is 12.1 Å². The Labute approximate surface area is 129 Å². The average molecular weight is 305 g/mol. The van der Waals surface area contributed by atoms with Crippen LogP contribution in [0.25, 0.3) is 0 Å². The molecular weight excluding hydrogens is 286 g/mol. The number of rotatable bonds is 6. The average Bonchev–Trinajstić information content (AvgIpc) is 2.55. The van der Waals surface area contributed by atoms with Gasteiger partial charge in [-0.25, -0.2) is 0 Å². The summed E-state index contributed by atoms with van der Waals surface area (Å²) in [7, 11) is 6.21. The smallest absolute Gasteiger partial charge is 0.203 e. The van der Waals surface area contributed by atoms with Crippen LogP contribution in [-0.4, -0.2) is 28.4 Å². The monoisotopic (exact) mass is 305 g/mol. The van der Waals surface area contributed by atoms with Crippen LogP contribution in [0.3, 0.4) is 0 Å². The second kappa shape index (κ2) is 6.80. The molecule has 2 aromatic rings. The predicted octanol–water partition coefficient (Wildman–Crippen LogP) is 3.10. The van der Waals surface area contributed by atoms with E-state index in [1.165, 1.54) is 0 Å². The SMILES string of the molecule is COc1ccc(N)c(Oc2cc(OC)c(OC)c(OC)c2)c1. The Kier molecular flexibility index (Phi) is 4.83. The van der Waals surface area contributed by atoms with E-state index in [2.05, 4.69) is 0 Å². The van der Waals surface area contributed by atoms with Crippen molar-refractivity contribution in [3.05, 3.63) is 30.3 Å². The number of hydrogen-bond acceptors (Lipinski definition) is 6. The summed E-state index contributed by atoms with van der Waals surface area (Å²) in [4.78, 5) is 0. The van der Waals surface area contributed by atoms with Gasteiger partial charge in [0.25, 0.3) is 0 Å². The molecule has 0 aliphatic heterocycles. The third-order valence-corrected chi connectivity index (χ3v) is 3.09. The van der Waals surface area contributed by atoms with Crippen LogP contribution in [0.4, 0.5) is 5.69 Å². The normalized spacial score (nSPS) is 10.0. The van der Waals surface area contributed by atoms with Gasteiger partial charge in [-0.3, -0.25) is 0 Å². The molecule has 2 N–H and O–H groups in total. The van der Waals surface area contributed by atoms with Gasteiger partial charge in [-0.1, -0.05) is 0 Å². The zero-order valence-corrected chi connectivity index (χ0v) is 13.0. The number of nitrogen functional groups attached to an aromatic ring is 1. The van der Waals surface area contributed by atoms with Crippen LogP contribution < -0.4 is 29.4 Å². The molecule has 0 radical (unpaired) electrons. The van der Waals surface area contributed by atoms with Crippen LogP contribution in [0.15, 0.2) is 30.3 Å². The molecule has 0 aliphatic rings. The molecule has 0 saturated carbocycles. The van der Waals surface area contributed by atoms with Gasteiger partial charge in [0.1, 0.15) is 11.5 Å². The lowest BCUT2D eigenvalue weighted by Crippen LogP contribution is -1.97. The van der Waals surface area contributed by atoms with Gasteiger partial charge in [-0.2, -0.15) is 0 Å². The Morgan fingerprint density at radius 1 is 0.682 bits per heavy atom. The summed E-state index contributed by atoms with van der Waals surface area (Å²) in [6, 6.07) is 8.57. The molecule has 0 aliphatic carbocycles. The van der Waals surface area contributed by atoms with E-state index < -0.39 is 0 Å². The minimum absolute atomic E-state index is 0.480. The highest BCUT2D eigenvalue weighted by Crippen LogP contribution is 2.42. The molecule has 0 heterocycles. The zero-order valence-electron chi connectivity index (χ0n) is 13.0. The maximum atomic E-state index is 5.92. The number of hydrogen-bond donors (Lipinski definition) is 1. The first-order valence-corrected chi connectivity index (χ1v) is 6.54. The van der Waals surface area contributed by atoms with E-state index >= 15 is 0 Å². The lowest BCUT2D eigenvalue weighted by atomic mass is 10.2. The summed E-state index contributed by atoms with van der Waals surface area (Å²) in [6.45, 7) is 0. The lowest BCUT2D eigenvalue weighted by molar-refractivity contribution is 0.321. The molecule has 0 bridgehead atoms. The lowest BCUT2D eigenvalue weighted by Gasteiger charge is -2.15. The van der Waals surface area contributed by atoms with Gasteiger partial charge in [-0.15, -0.1) is 0 Å². The minimum Gasteiger partial charge on any atom is -0.497 e. The molecule has 6 heteroatoms. The first kappa shape index (κ1) is 15.6. The largest absolute Gasteiger partial charge is 0.497 e. The molecule has 22 heavy (non-hydrogen) atoms. The Balaban J connectivity index is 2.41. The van der Waals surface area contributed by atoms with E-state index in [1.54, 1.807) is 58.8 Å². The highest BCUT2D eigenvalue weighted by atomic mass is 16.5. The highest BCUT2D eigenvalue weighted by Gasteiger charge is 2.15. The number of anilines is 1. The molecule has 0 fully saturated rings. The zero-order chi connectivity index (χ0) is 16.1. The van der Waals surface area contributed by atoms with E-state index in [4.69, 9.17) is 29.4 Å². The van der Waals surface area contributed by atoms with E-state index in [9.17, 15) is 0 Å². The standard InChI is InChI=1S/C16H19NO5/c1-18-10-5-6-12(17)13(7-10)22-11-8-14(19-2)16(21-4)15(9-11)20-3/h5-9H,17H2,1-4H3. The van der Waals surface area contributed by atoms with Crippen molar-refractivity contribution in [1.82, 2.24) is 0 Å². The second-order valence-electron chi connectivity index (χ2n) is 4.37. The van der Waals surface area contributed by atoms with Gasteiger partial charge in [0.15, 0.2) is 17.2 Å².